The Morgan fingerprint density at radius 2 is 1.56 bits per heavy atom. The van der Waals surface area contributed by atoms with E-state index in [-0.39, 0.29) is 48.9 Å². The molecular weight excluding hydrogens is 923 g/mol. The summed E-state index contributed by atoms with van der Waals surface area (Å²) in [4.78, 5) is 57.9. The zero-order chi connectivity index (χ0) is 52.5. The van der Waals surface area contributed by atoms with E-state index in [0.29, 0.717) is 11.1 Å². The monoisotopic (exact) mass is 1000 g/mol. The van der Waals surface area contributed by atoms with Gasteiger partial charge in [-0.25, -0.2) is 9.59 Å². The molecule has 7 rings (SSSR count). The van der Waals surface area contributed by atoms with E-state index in [0.717, 1.165) is 5.57 Å². The van der Waals surface area contributed by atoms with Crippen LogP contribution in [0.25, 0.3) is 0 Å². The number of ketones is 1. The summed E-state index contributed by atoms with van der Waals surface area (Å²) in [6, 6.07) is 16.8. The number of amides is 1. The van der Waals surface area contributed by atoms with Crippen molar-refractivity contribution < 1.29 is 61.9 Å². The first-order valence-electron chi connectivity index (χ1n) is 25.2. The van der Waals surface area contributed by atoms with Gasteiger partial charge < -0.3 is 48.0 Å². The number of alkyl carbamates (subject to hydrolysis) is 1. The maximum atomic E-state index is 15.8. The fraction of sp³-hybridized carbons (Fsp3) is 0.643. The molecule has 2 saturated carbocycles. The average molecular weight is 1000 g/mol. The summed E-state index contributed by atoms with van der Waals surface area (Å²) in [6.45, 7) is 32.6. The summed E-state index contributed by atoms with van der Waals surface area (Å²) in [5.41, 5.74) is -4.33. The number of carbonyl (C=O) groups is 4. The normalized spacial score (nSPS) is 32.8. The molecule has 0 aromatic heterocycles. The molecule has 0 radical (unpaired) electrons. The van der Waals surface area contributed by atoms with Crippen LogP contribution in [0.5, 0.6) is 0 Å². The Kier molecular flexibility index (Phi) is 14.8. The lowest BCUT2D eigenvalue weighted by atomic mass is 9.43. The molecule has 0 spiro atoms. The molecule has 0 unspecified atom stereocenters. The highest BCUT2D eigenvalue weighted by Crippen LogP contribution is 2.68. The van der Waals surface area contributed by atoms with Gasteiger partial charge in [-0.2, -0.15) is 0 Å². The predicted molar refractivity (Wildman–Crippen MR) is 270 cm³/mol. The van der Waals surface area contributed by atoms with Gasteiger partial charge in [0.1, 0.15) is 35.6 Å². The van der Waals surface area contributed by atoms with Crippen LogP contribution >= 0.6 is 0 Å². The molecule has 2 heterocycles. The van der Waals surface area contributed by atoms with Crippen molar-refractivity contribution in [2.75, 3.05) is 13.2 Å². The second-order valence-corrected chi connectivity index (χ2v) is 29.0. The zero-order valence-electron chi connectivity index (χ0n) is 44.6. The summed E-state index contributed by atoms with van der Waals surface area (Å²) in [5.74, 6) is -4.51. The Labute approximate surface area is 422 Å². The third kappa shape index (κ3) is 9.97. The highest BCUT2D eigenvalue weighted by molar-refractivity contribution is 6.74. The molecule has 2 aromatic rings. The number of hydrogen-bond donors (Lipinski definition) is 2. The topological polar surface area (TPSA) is 174 Å². The van der Waals surface area contributed by atoms with Crippen molar-refractivity contribution in [3.8, 4) is 0 Å². The molecule has 2 bridgehead atoms. The van der Waals surface area contributed by atoms with E-state index in [1.165, 1.54) is 6.92 Å². The van der Waals surface area contributed by atoms with E-state index in [1.807, 2.05) is 71.9 Å². The Balaban J connectivity index is 1.46. The highest BCUT2D eigenvalue weighted by Gasteiger charge is 2.79. The number of ether oxygens (including phenoxy) is 7. The van der Waals surface area contributed by atoms with Crippen LogP contribution in [0.4, 0.5) is 4.79 Å². The number of esters is 2. The average Bonchev–Trinajstić information content (AvgIpc) is 3.58. The quantitative estimate of drug-likeness (QED) is 0.0793. The van der Waals surface area contributed by atoms with Gasteiger partial charge in [-0.1, -0.05) is 102 Å². The molecule has 15 heteroatoms. The Morgan fingerprint density at radius 3 is 2.11 bits per heavy atom. The Hall–Kier alpha value is -4.22. The van der Waals surface area contributed by atoms with Crippen molar-refractivity contribution in [3.63, 3.8) is 0 Å². The summed E-state index contributed by atoms with van der Waals surface area (Å²) < 4.78 is 53.6. The molecule has 2 N–H and O–H groups in total. The smallest absolute Gasteiger partial charge is 0.408 e. The first kappa shape index (κ1) is 54.5. The predicted octanol–water partition coefficient (Wildman–Crippen LogP) is 9.75. The van der Waals surface area contributed by atoms with E-state index in [9.17, 15) is 19.5 Å². The van der Waals surface area contributed by atoms with Crippen molar-refractivity contribution >= 4 is 32.1 Å². The van der Waals surface area contributed by atoms with Crippen LogP contribution in [0.3, 0.4) is 0 Å². The van der Waals surface area contributed by atoms with E-state index >= 15 is 4.79 Å². The first-order valence-corrected chi connectivity index (χ1v) is 28.1. The molecule has 71 heavy (non-hydrogen) atoms. The number of rotatable bonds is 14. The SMILES string of the molecule is C=CCO[C@H]1C[C@H]2OC[C@@]2(OC(C)=O)[C@H]2[C@H](OC(=O)c3ccccc3)[C@]3(O)C[C@H](CC(=O)[C@H](O[Si](C)(C)C(C)(C)C)[C@@H](NC(=O)OC(C)(C)C)c4ccccc4)C(C)=C([C@H]4OC(C)(C)O[C@H]4[C@]12C)C3(C)C. The maximum Gasteiger partial charge on any atom is 0.408 e. The van der Waals surface area contributed by atoms with E-state index in [4.69, 9.17) is 37.6 Å². The van der Waals surface area contributed by atoms with Crippen molar-refractivity contribution in [1.29, 1.82) is 0 Å². The minimum atomic E-state index is -2.79. The third-order valence-electron chi connectivity index (χ3n) is 16.6. The number of fused-ring (bicyclic) bond motifs is 8. The zero-order valence-corrected chi connectivity index (χ0v) is 45.6. The van der Waals surface area contributed by atoms with Crippen LogP contribution < -0.4 is 5.32 Å². The van der Waals surface area contributed by atoms with Crippen molar-refractivity contribution in [2.45, 2.75) is 193 Å². The Morgan fingerprint density at radius 1 is 0.944 bits per heavy atom. The summed E-state index contributed by atoms with van der Waals surface area (Å²) in [6.07, 6.45) is -4.71. The van der Waals surface area contributed by atoms with E-state index in [1.54, 1.807) is 57.2 Å². The van der Waals surface area contributed by atoms with Crippen LogP contribution in [0.15, 0.2) is 84.5 Å². The number of hydrogen-bond acceptors (Lipinski definition) is 13. The van der Waals surface area contributed by atoms with Crippen molar-refractivity contribution in [3.05, 3.63) is 95.6 Å². The van der Waals surface area contributed by atoms with Crippen molar-refractivity contribution in [1.82, 2.24) is 5.32 Å². The minimum Gasteiger partial charge on any atom is -0.455 e. The number of nitrogens with one attached hydrogen (secondary N) is 1. The second-order valence-electron chi connectivity index (χ2n) is 24.3. The lowest BCUT2D eigenvalue weighted by molar-refractivity contribution is -0.365. The summed E-state index contributed by atoms with van der Waals surface area (Å²) >= 11 is 0. The van der Waals surface area contributed by atoms with Crippen LogP contribution in [0, 0.1) is 22.7 Å². The fourth-order valence-corrected chi connectivity index (χ4v) is 13.4. The highest BCUT2D eigenvalue weighted by atomic mass is 28.4. The van der Waals surface area contributed by atoms with Crippen molar-refractivity contribution in [2.24, 2.45) is 22.7 Å². The number of carbonyl (C=O) groups excluding carboxylic acids is 4. The third-order valence-corrected chi connectivity index (χ3v) is 21.1. The van der Waals surface area contributed by atoms with Crippen LogP contribution in [0.2, 0.25) is 18.1 Å². The van der Waals surface area contributed by atoms with Gasteiger partial charge in [0.2, 0.25) is 0 Å². The molecule has 5 aliphatic rings. The number of aliphatic hydroxyl groups is 1. The molecule has 3 aliphatic carbocycles. The maximum absolute atomic E-state index is 15.8. The minimum absolute atomic E-state index is 0.0507. The standard InChI is InChI=1S/C56H79NO13Si/c1-17-28-63-39-30-40-55(32-64-40,66-34(3)58)45-47(65-48(60)36-26-22-19-23-27-36)56(62)31-37(33(2)41(52(56,10)11)44-46(54(39,45)14)68-53(12,13)67-44)29-38(59)43(70-71(15,16)51(7,8)9)42(35-24-20-18-21-25-35)57-49(61)69-50(4,5)6/h17-27,37,39-40,42-47,62H,1,28-32H2,2-16H3,(H,57,61)/t37-,39-,40+,42-,43-,44+,45-,46+,47-,54+,55-,56+/m0/s1. The molecule has 14 nitrogen and oxygen atoms in total. The number of allylic oxidation sites excluding steroid dienone is 1. The molecule has 2 aliphatic heterocycles. The van der Waals surface area contributed by atoms with Gasteiger partial charge in [0, 0.05) is 30.6 Å². The van der Waals surface area contributed by atoms with Gasteiger partial charge in [-0.05, 0) is 95.3 Å². The van der Waals surface area contributed by atoms with Gasteiger partial charge in [0.15, 0.2) is 25.5 Å². The second kappa shape index (κ2) is 19.2. The number of Topliss-reactive ketones (excluding diaryl/α,β-unsaturated/α-hetero) is 1. The van der Waals surface area contributed by atoms with Gasteiger partial charge in [-0.3, -0.25) is 9.59 Å². The van der Waals surface area contributed by atoms with Gasteiger partial charge in [0.25, 0.3) is 0 Å². The molecule has 2 aromatic carbocycles. The molecule has 390 valence electrons. The van der Waals surface area contributed by atoms with Gasteiger partial charge in [-0.15, -0.1) is 6.58 Å². The van der Waals surface area contributed by atoms with Crippen LogP contribution in [-0.4, -0.2) is 110 Å². The molecule has 12 atom stereocenters. The van der Waals surface area contributed by atoms with E-state index < -0.39 is 114 Å². The molecule has 2 saturated heterocycles. The van der Waals surface area contributed by atoms with Gasteiger partial charge >= 0.3 is 18.0 Å². The lowest BCUT2D eigenvalue weighted by Gasteiger charge is -2.69. The largest absolute Gasteiger partial charge is 0.455 e. The van der Waals surface area contributed by atoms with Crippen LogP contribution in [-0.2, 0) is 47.2 Å². The number of benzene rings is 2. The fourth-order valence-electron chi connectivity index (χ4n) is 12.1. The van der Waals surface area contributed by atoms with Gasteiger partial charge in [0.05, 0.1) is 42.9 Å². The first-order chi connectivity index (χ1) is 32.8. The molecule has 1 amide bonds. The lowest BCUT2D eigenvalue weighted by Crippen LogP contribution is -2.82. The summed E-state index contributed by atoms with van der Waals surface area (Å²) in [5, 5.41) is 17.1. The van der Waals surface area contributed by atoms with E-state index in [2.05, 4.69) is 45.8 Å². The van der Waals surface area contributed by atoms with Crippen LogP contribution in [0.1, 0.15) is 131 Å². The summed E-state index contributed by atoms with van der Waals surface area (Å²) in [7, 11) is -2.79. The Bertz CT molecular complexity index is 2370. The molecular formula is C56H79NO13Si. The molecule has 4 fully saturated rings.